The minimum absolute atomic E-state index is 0.0679. The normalized spacial score (nSPS) is 22.5. The summed E-state index contributed by atoms with van der Waals surface area (Å²) in [5.74, 6) is 1.28. The molecule has 158 valence electrons. The molecule has 2 aromatic heterocycles. The first-order valence-corrected chi connectivity index (χ1v) is 10.9. The second kappa shape index (κ2) is 8.44. The fourth-order valence-corrected chi connectivity index (χ4v) is 5.00. The third-order valence-corrected chi connectivity index (χ3v) is 6.48. The Morgan fingerprint density at radius 3 is 2.76 bits per heavy atom. The van der Waals surface area contributed by atoms with Gasteiger partial charge in [0.15, 0.2) is 17.0 Å². The van der Waals surface area contributed by atoms with Gasteiger partial charge in [-0.05, 0) is 56.3 Å². The van der Waals surface area contributed by atoms with Gasteiger partial charge in [0.05, 0.1) is 6.33 Å². The van der Waals surface area contributed by atoms with Gasteiger partial charge in [-0.3, -0.25) is 4.79 Å². The number of anilines is 1. The molecule has 2 atom stereocenters. The summed E-state index contributed by atoms with van der Waals surface area (Å²) in [4.78, 5) is 32.3. The number of fused-ring (bicyclic) bond motifs is 2. The van der Waals surface area contributed by atoms with Gasteiger partial charge in [-0.1, -0.05) is 6.42 Å². The Morgan fingerprint density at radius 2 is 1.97 bits per heavy atom. The summed E-state index contributed by atoms with van der Waals surface area (Å²) in [6.45, 7) is 3.45. The van der Waals surface area contributed by atoms with Crippen LogP contribution in [0.15, 0.2) is 6.33 Å². The zero-order chi connectivity index (χ0) is 20.5. The van der Waals surface area contributed by atoms with Crippen LogP contribution in [0.1, 0.15) is 32.1 Å². The average Bonchev–Trinajstić information content (AvgIpc) is 3.09. The van der Waals surface area contributed by atoms with Crippen molar-refractivity contribution in [3.63, 3.8) is 0 Å². The van der Waals surface area contributed by atoms with E-state index in [4.69, 9.17) is 11.6 Å². The topological polar surface area (TPSA) is 70.4 Å². The number of amides is 1. The molecule has 4 heterocycles. The van der Waals surface area contributed by atoms with Crippen LogP contribution in [0, 0.1) is 5.92 Å². The van der Waals surface area contributed by atoms with Crippen molar-refractivity contribution < 1.29 is 4.79 Å². The fourth-order valence-electron chi connectivity index (χ4n) is 4.84. The van der Waals surface area contributed by atoms with Crippen LogP contribution in [0.5, 0.6) is 0 Å². The molecule has 0 spiro atoms. The van der Waals surface area contributed by atoms with Gasteiger partial charge >= 0.3 is 0 Å². The molecular formula is C20H30ClN7O. The first-order valence-electron chi connectivity index (χ1n) is 10.5. The molecule has 1 amide bonds. The van der Waals surface area contributed by atoms with E-state index in [0.29, 0.717) is 28.9 Å². The van der Waals surface area contributed by atoms with Crippen molar-refractivity contribution in [1.29, 1.82) is 0 Å². The summed E-state index contributed by atoms with van der Waals surface area (Å²) < 4.78 is 1.77. The zero-order valence-electron chi connectivity index (χ0n) is 17.5. The minimum Gasteiger partial charge on any atom is -0.361 e. The lowest BCUT2D eigenvalue weighted by Gasteiger charge is -2.45. The fraction of sp³-hybridized carbons (Fsp3) is 0.700. The maximum absolute atomic E-state index is 13.0. The van der Waals surface area contributed by atoms with Crippen molar-refractivity contribution >= 4 is 34.5 Å². The molecule has 8 nitrogen and oxygen atoms in total. The number of imidazole rings is 1. The van der Waals surface area contributed by atoms with Gasteiger partial charge < -0.3 is 19.3 Å². The molecule has 2 aliphatic rings. The van der Waals surface area contributed by atoms with Crippen molar-refractivity contribution in [2.45, 2.75) is 44.7 Å². The van der Waals surface area contributed by atoms with Gasteiger partial charge in [-0.2, -0.15) is 9.97 Å². The summed E-state index contributed by atoms with van der Waals surface area (Å²) in [5.41, 5.74) is 1.24. The van der Waals surface area contributed by atoms with Gasteiger partial charge in [0.25, 0.3) is 0 Å². The van der Waals surface area contributed by atoms with Crippen LogP contribution < -0.4 is 4.90 Å². The second-order valence-corrected chi connectivity index (χ2v) is 8.87. The molecule has 0 saturated carbocycles. The third-order valence-electron chi connectivity index (χ3n) is 6.31. The molecular weight excluding hydrogens is 390 g/mol. The Morgan fingerprint density at radius 1 is 1.17 bits per heavy atom. The van der Waals surface area contributed by atoms with Crippen molar-refractivity contribution in [1.82, 2.24) is 29.3 Å². The Hall–Kier alpha value is -1.93. The Kier molecular flexibility index (Phi) is 5.92. The number of rotatable bonds is 5. The number of hydrogen-bond donors (Lipinski definition) is 0. The molecule has 0 N–H and O–H groups in total. The monoisotopic (exact) mass is 419 g/mol. The van der Waals surface area contributed by atoms with Crippen molar-refractivity contribution in [2.75, 3.05) is 45.7 Å². The van der Waals surface area contributed by atoms with Crippen molar-refractivity contribution in [3.05, 3.63) is 11.6 Å². The minimum atomic E-state index is 0.0679. The number of likely N-dealkylation sites (N-methyl/N-ethyl adjacent to an activating group) is 1. The van der Waals surface area contributed by atoms with Crippen molar-refractivity contribution in [2.24, 2.45) is 5.92 Å². The first kappa shape index (κ1) is 20.3. The SMILES string of the molecule is CN(CC1CCCN2CCCCC12)C(=O)Cn1cnc2c(N(C)C)nc(Cl)nc21. The van der Waals surface area contributed by atoms with Gasteiger partial charge in [0.1, 0.15) is 6.54 Å². The molecule has 0 aliphatic carbocycles. The van der Waals surface area contributed by atoms with Crippen LogP contribution >= 0.6 is 11.6 Å². The summed E-state index contributed by atoms with van der Waals surface area (Å²) in [6, 6.07) is 0.635. The number of carbonyl (C=O) groups is 1. The van der Waals surface area contributed by atoms with Gasteiger partial charge in [0.2, 0.25) is 11.2 Å². The quantitative estimate of drug-likeness (QED) is 0.692. The van der Waals surface area contributed by atoms with E-state index in [-0.39, 0.29) is 17.7 Å². The lowest BCUT2D eigenvalue weighted by atomic mass is 9.83. The molecule has 0 aromatic carbocycles. The number of hydrogen-bond acceptors (Lipinski definition) is 6. The maximum atomic E-state index is 13.0. The summed E-state index contributed by atoms with van der Waals surface area (Å²) in [6.07, 6.45) is 7.98. The van der Waals surface area contributed by atoms with E-state index in [1.165, 1.54) is 45.2 Å². The third kappa shape index (κ3) is 4.19. The van der Waals surface area contributed by atoms with Crippen LogP contribution in [0.2, 0.25) is 5.28 Å². The first-order chi connectivity index (χ1) is 13.9. The molecule has 0 radical (unpaired) electrons. The highest BCUT2D eigenvalue weighted by atomic mass is 35.5. The van der Waals surface area contributed by atoms with E-state index in [9.17, 15) is 4.79 Å². The standard InChI is InChI=1S/C20H30ClN7O/c1-25(2)18-17-19(24-20(21)23-18)28(13-22-17)12-16(29)26(3)11-14-7-6-10-27-9-5-4-8-15(14)27/h13-15H,4-12H2,1-3H3. The Labute approximate surface area is 176 Å². The van der Waals surface area contributed by atoms with E-state index < -0.39 is 0 Å². The number of halogens is 1. The summed E-state index contributed by atoms with van der Waals surface area (Å²) >= 11 is 6.10. The largest absolute Gasteiger partial charge is 0.361 e. The number of aromatic nitrogens is 4. The molecule has 2 aromatic rings. The Balaban J connectivity index is 1.46. The van der Waals surface area contributed by atoms with Gasteiger partial charge in [-0.25, -0.2) is 4.98 Å². The van der Waals surface area contributed by atoms with Gasteiger partial charge in [0, 0.05) is 33.7 Å². The van der Waals surface area contributed by atoms with Gasteiger partial charge in [-0.15, -0.1) is 0 Å². The number of carbonyl (C=O) groups excluding carboxylic acids is 1. The molecule has 0 bridgehead atoms. The molecule has 4 rings (SSSR count). The predicted molar refractivity (Wildman–Crippen MR) is 114 cm³/mol. The molecule has 2 aliphatic heterocycles. The molecule has 2 unspecified atom stereocenters. The summed E-state index contributed by atoms with van der Waals surface area (Å²) in [7, 11) is 5.68. The molecule has 29 heavy (non-hydrogen) atoms. The molecule has 9 heteroatoms. The predicted octanol–water partition coefficient (Wildman–Crippen LogP) is 2.27. The van der Waals surface area contributed by atoms with Crippen LogP contribution in [0.25, 0.3) is 11.2 Å². The smallest absolute Gasteiger partial charge is 0.242 e. The van der Waals surface area contributed by atoms with E-state index in [2.05, 4.69) is 19.9 Å². The average molecular weight is 420 g/mol. The molecule has 2 saturated heterocycles. The summed E-state index contributed by atoms with van der Waals surface area (Å²) in [5, 5.41) is 0.156. The van der Waals surface area contributed by atoms with Crippen LogP contribution in [-0.2, 0) is 11.3 Å². The highest BCUT2D eigenvalue weighted by molar-refractivity contribution is 6.28. The van der Waals surface area contributed by atoms with E-state index in [0.717, 1.165) is 6.54 Å². The van der Waals surface area contributed by atoms with E-state index >= 15 is 0 Å². The maximum Gasteiger partial charge on any atom is 0.242 e. The van der Waals surface area contributed by atoms with Crippen LogP contribution in [0.4, 0.5) is 5.82 Å². The van der Waals surface area contributed by atoms with Crippen LogP contribution in [-0.4, -0.2) is 82.0 Å². The van der Waals surface area contributed by atoms with E-state index in [1.54, 1.807) is 10.9 Å². The zero-order valence-corrected chi connectivity index (χ0v) is 18.3. The highest BCUT2D eigenvalue weighted by Gasteiger charge is 2.34. The van der Waals surface area contributed by atoms with E-state index in [1.807, 2.05) is 30.9 Å². The highest BCUT2D eigenvalue weighted by Crippen LogP contribution is 2.31. The lowest BCUT2D eigenvalue weighted by Crippen LogP contribution is -2.51. The van der Waals surface area contributed by atoms with Crippen LogP contribution in [0.3, 0.4) is 0 Å². The lowest BCUT2D eigenvalue weighted by molar-refractivity contribution is -0.131. The second-order valence-electron chi connectivity index (χ2n) is 8.53. The number of piperidine rings is 2. The molecule has 2 fully saturated rings. The number of nitrogens with zero attached hydrogens (tertiary/aromatic N) is 7. The Bertz CT molecular complexity index is 881. The van der Waals surface area contributed by atoms with Crippen molar-refractivity contribution in [3.8, 4) is 0 Å².